The standard InChI is InChI=1S/C132H190N4O8/c1-9-17-25-33-41-49-57-65-89-137-113-97-109(98-114(105-113)138-90-66-58-50-42-34-26-18-10-2)73-77-121-125-81-83-127(133-125)122(78-74-110-99-115(139-91-67-59-51-43-35-27-19-11-3)106-116(100-110)140-92-68-60-52-44-36-28-20-12-4)129-85-87-131(135-129)124(80-76-112-103-119(143-95-71-63-55-47-39-31-23-15-7)108-120(104-112)144-96-72-64-56-48-40-32-24-16-8)132-88-86-130(136-132)123(128-84-82-126(121)134-128)79-75-111-101-117(141-93-69-61-53-45-37-29-21-13-5)107-118(102-111)142-94-70-62-54-46-38-30-22-14-6/h81-88,97-108,133-134H,9-72,89-96H2,1-8H3. The van der Waals surface area contributed by atoms with E-state index < -0.39 is 0 Å². The number of aromatic amines is 2. The Bertz CT molecular complexity index is 4820. The van der Waals surface area contributed by atoms with E-state index in [0.717, 1.165) is 199 Å². The van der Waals surface area contributed by atoms with Crippen molar-refractivity contribution in [2.24, 2.45) is 0 Å². The summed E-state index contributed by atoms with van der Waals surface area (Å²) in [6.07, 6.45) is 86.3. The zero-order chi connectivity index (χ0) is 101. The monoisotopic (exact) mass is 1960 g/mol. The molecule has 4 aromatic carbocycles. The van der Waals surface area contributed by atoms with Gasteiger partial charge in [0, 0.05) is 46.5 Å². The molecule has 12 nitrogen and oxygen atoms in total. The number of nitrogens with zero attached hydrogens (tertiary/aromatic N) is 2. The van der Waals surface area contributed by atoms with Gasteiger partial charge in [-0.15, -0.1) is 0 Å². The Balaban J connectivity index is 1.25. The minimum Gasteiger partial charge on any atom is -0.493 e. The Kier molecular flexibility index (Phi) is 62.6. The van der Waals surface area contributed by atoms with Gasteiger partial charge in [-0.1, -0.05) is 462 Å². The number of nitrogens with one attached hydrogen (secondary N) is 2. The van der Waals surface area contributed by atoms with Gasteiger partial charge < -0.3 is 47.9 Å². The van der Waals surface area contributed by atoms with Crippen molar-refractivity contribution in [3.05, 3.63) is 164 Å². The number of H-pyrrole nitrogens is 2. The molecule has 0 aliphatic carbocycles. The van der Waals surface area contributed by atoms with Crippen LogP contribution in [0.2, 0.25) is 0 Å². The average molecular weight is 1960 g/mol. The van der Waals surface area contributed by atoms with Crippen molar-refractivity contribution >= 4 is 46.4 Å². The molecule has 786 valence electrons. The van der Waals surface area contributed by atoms with E-state index in [9.17, 15) is 0 Å². The molecule has 2 N–H and O–H groups in total. The van der Waals surface area contributed by atoms with Crippen LogP contribution in [0, 0.1) is 47.4 Å². The number of hydrogen-bond donors (Lipinski definition) is 2. The van der Waals surface area contributed by atoms with Gasteiger partial charge in [0.15, 0.2) is 0 Å². The summed E-state index contributed by atoms with van der Waals surface area (Å²) in [5, 5.41) is 0. The topological polar surface area (TPSA) is 131 Å². The highest BCUT2D eigenvalue weighted by Gasteiger charge is 2.19. The van der Waals surface area contributed by atoms with Crippen LogP contribution in [0.5, 0.6) is 46.0 Å². The second-order valence-electron chi connectivity index (χ2n) is 40.9. The van der Waals surface area contributed by atoms with Crippen LogP contribution in [0.1, 0.15) is 534 Å². The van der Waals surface area contributed by atoms with Crippen LogP contribution in [0.15, 0.2) is 97.1 Å². The summed E-state index contributed by atoms with van der Waals surface area (Å²) in [6.45, 7) is 23.2. The van der Waals surface area contributed by atoms with Crippen LogP contribution < -0.4 is 37.9 Å². The molecule has 12 heteroatoms. The zero-order valence-electron chi connectivity index (χ0n) is 91.6. The zero-order valence-corrected chi connectivity index (χ0v) is 91.6. The Labute approximate surface area is 875 Å². The number of rotatable bonds is 80. The molecule has 3 aromatic heterocycles. The molecule has 7 aromatic rings. The van der Waals surface area contributed by atoms with Gasteiger partial charge in [-0.3, -0.25) is 0 Å². The SMILES string of the molecule is CCCCCCCCCCOc1cc(C#Cc2c3nc(c(C#Cc4cc(OCCCCCCCCCC)cc(OCCCCCCCCCC)c4)c4ccc([nH]4)c(C#Cc4cc(OCCCCCCCCCC)cc(OCCCCCCCCCC)c4)c4ccc([nH]4)c(C#Cc4cc(OCCCCCCCCCC)cc(OCCCCCCCCCC)c4)c4nc2C=C4)C=C3)cc(OCCCCCCCCCC)c1. The first-order valence-corrected chi connectivity index (χ1v) is 59.1. The first kappa shape index (κ1) is 118. The van der Waals surface area contributed by atoms with Crippen LogP contribution in [-0.4, -0.2) is 72.8 Å². The number of benzene rings is 4. The fraction of sp³-hybridized carbons (Fsp3) is 0.606. The first-order valence-electron chi connectivity index (χ1n) is 59.1. The van der Waals surface area contributed by atoms with Crippen LogP contribution in [-0.2, 0) is 0 Å². The van der Waals surface area contributed by atoms with Crippen molar-refractivity contribution in [3.63, 3.8) is 0 Å². The lowest BCUT2D eigenvalue weighted by Crippen LogP contribution is -2.01. The molecule has 9 rings (SSSR count). The molecule has 2 aliphatic heterocycles. The molecular formula is C132H190N4O8. The van der Waals surface area contributed by atoms with Crippen molar-refractivity contribution in [2.45, 2.75) is 466 Å². The summed E-state index contributed by atoms with van der Waals surface area (Å²) in [5.41, 5.74) is 11.5. The summed E-state index contributed by atoms with van der Waals surface area (Å²) in [7, 11) is 0. The van der Waals surface area contributed by atoms with Gasteiger partial charge in [-0.05, 0) is 148 Å². The number of hydrogen-bond acceptors (Lipinski definition) is 10. The summed E-state index contributed by atoms with van der Waals surface area (Å²) in [6, 6.07) is 33.3. The molecular weight excluding hydrogens is 1770 g/mol. The summed E-state index contributed by atoms with van der Waals surface area (Å²) in [5.74, 6) is 35.8. The lowest BCUT2D eigenvalue weighted by molar-refractivity contribution is 0.289. The van der Waals surface area contributed by atoms with Gasteiger partial charge >= 0.3 is 0 Å². The van der Waals surface area contributed by atoms with E-state index in [4.69, 9.17) is 47.9 Å². The van der Waals surface area contributed by atoms with E-state index in [-0.39, 0.29) is 0 Å². The Morgan fingerprint density at radius 1 is 0.167 bits per heavy atom. The van der Waals surface area contributed by atoms with Gasteiger partial charge in [-0.2, -0.15) is 0 Å². The number of ether oxygens (including phenoxy) is 8. The predicted octanol–water partition coefficient (Wildman–Crippen LogP) is 38.4. The Morgan fingerprint density at radius 2 is 0.312 bits per heavy atom. The van der Waals surface area contributed by atoms with Crippen molar-refractivity contribution in [3.8, 4) is 93.4 Å². The molecule has 0 amide bonds. The largest absolute Gasteiger partial charge is 0.493 e. The molecule has 0 saturated heterocycles. The molecule has 0 unspecified atom stereocenters. The summed E-state index contributed by atoms with van der Waals surface area (Å²) < 4.78 is 53.6. The lowest BCUT2D eigenvalue weighted by atomic mass is 10.1. The van der Waals surface area contributed by atoms with Gasteiger partial charge in [0.05, 0.1) is 120 Å². The molecule has 0 spiro atoms. The van der Waals surface area contributed by atoms with Crippen LogP contribution in [0.4, 0.5) is 0 Å². The minimum absolute atomic E-state index is 0.613. The molecule has 0 atom stereocenters. The third-order valence-electron chi connectivity index (χ3n) is 27.7. The maximum atomic E-state index is 6.70. The molecule has 0 radical (unpaired) electrons. The smallest absolute Gasteiger partial charge is 0.124 e. The van der Waals surface area contributed by atoms with Crippen molar-refractivity contribution < 1.29 is 37.9 Å². The van der Waals surface area contributed by atoms with Crippen molar-refractivity contribution in [2.75, 3.05) is 52.9 Å². The quantitative estimate of drug-likeness (QED) is 0.0281. The number of fused-ring (bicyclic) bond motifs is 8. The van der Waals surface area contributed by atoms with E-state index in [1.165, 1.54) is 308 Å². The van der Waals surface area contributed by atoms with E-state index in [0.29, 0.717) is 92.3 Å². The maximum Gasteiger partial charge on any atom is 0.124 e. The number of unbranched alkanes of at least 4 members (excludes halogenated alkanes) is 56. The van der Waals surface area contributed by atoms with E-state index in [1.807, 2.05) is 0 Å². The van der Waals surface area contributed by atoms with E-state index in [2.05, 4.69) is 234 Å². The molecule has 144 heavy (non-hydrogen) atoms. The predicted molar refractivity (Wildman–Crippen MR) is 613 cm³/mol. The highest BCUT2D eigenvalue weighted by atomic mass is 16.5. The lowest BCUT2D eigenvalue weighted by Gasteiger charge is -2.11. The number of aromatic nitrogens is 4. The van der Waals surface area contributed by atoms with Gasteiger partial charge in [-0.25, -0.2) is 9.97 Å². The van der Waals surface area contributed by atoms with E-state index in [1.54, 1.807) is 0 Å². The second kappa shape index (κ2) is 76.6. The molecule has 0 fully saturated rings. The van der Waals surface area contributed by atoms with Gasteiger partial charge in [0.25, 0.3) is 0 Å². The second-order valence-corrected chi connectivity index (χ2v) is 40.9. The highest BCUT2D eigenvalue weighted by molar-refractivity contribution is 5.88. The van der Waals surface area contributed by atoms with Crippen LogP contribution in [0.3, 0.4) is 0 Å². The third-order valence-corrected chi connectivity index (χ3v) is 27.7. The minimum atomic E-state index is 0.613. The fourth-order valence-electron chi connectivity index (χ4n) is 18.9. The van der Waals surface area contributed by atoms with Crippen molar-refractivity contribution in [1.29, 1.82) is 0 Å². The fourth-order valence-corrected chi connectivity index (χ4v) is 18.9. The summed E-state index contributed by atoms with van der Waals surface area (Å²) >= 11 is 0. The van der Waals surface area contributed by atoms with Gasteiger partial charge in [0.1, 0.15) is 46.0 Å². The highest BCUT2D eigenvalue weighted by Crippen LogP contribution is 2.34. The Hall–Kier alpha value is -9.88. The molecule has 5 heterocycles. The van der Waals surface area contributed by atoms with Gasteiger partial charge in [0.2, 0.25) is 0 Å². The van der Waals surface area contributed by atoms with Crippen LogP contribution in [0.25, 0.3) is 46.4 Å². The normalized spacial score (nSPS) is 11.4. The average Bonchev–Trinajstić information content (AvgIpc) is 1.63. The van der Waals surface area contributed by atoms with E-state index >= 15 is 0 Å². The maximum absolute atomic E-state index is 6.70. The summed E-state index contributed by atoms with van der Waals surface area (Å²) in [4.78, 5) is 19.3. The first-order chi connectivity index (χ1) is 71.2. The van der Waals surface area contributed by atoms with Crippen LogP contribution >= 0.6 is 0 Å². The third kappa shape index (κ3) is 49.5. The molecule has 8 bridgehead atoms. The van der Waals surface area contributed by atoms with Crippen molar-refractivity contribution in [1.82, 2.24) is 19.9 Å². The molecule has 2 aliphatic rings. The Morgan fingerprint density at radius 3 is 0.493 bits per heavy atom. The molecule has 0 saturated carbocycles.